The highest BCUT2D eigenvalue weighted by atomic mass is 16.5. The van der Waals surface area contributed by atoms with Gasteiger partial charge in [-0.15, -0.1) is 0 Å². The molecule has 0 heterocycles. The lowest BCUT2D eigenvalue weighted by molar-refractivity contribution is 0.0734. The first kappa shape index (κ1) is 16.9. The Balaban J connectivity index is 1.65. The minimum atomic E-state index is -0.553. The largest absolute Gasteiger partial charge is 0.423 e. The van der Waals surface area contributed by atoms with E-state index < -0.39 is 5.97 Å². The first-order valence-corrected chi connectivity index (χ1v) is 7.84. The number of nitrogens with one attached hydrogen (secondary N) is 1. The van der Waals surface area contributed by atoms with Gasteiger partial charge in [0.2, 0.25) is 0 Å². The molecule has 5 heteroatoms. The van der Waals surface area contributed by atoms with Crippen LogP contribution in [0.2, 0.25) is 0 Å². The summed E-state index contributed by atoms with van der Waals surface area (Å²) in [5.74, 6) is -0.429. The first-order chi connectivity index (χ1) is 12.7. The third-order valence-corrected chi connectivity index (χ3v) is 3.59. The zero-order valence-electron chi connectivity index (χ0n) is 13.7. The number of esters is 1. The molecule has 0 spiro atoms. The summed E-state index contributed by atoms with van der Waals surface area (Å²) in [6.07, 6.45) is 0. The molecule has 0 saturated carbocycles. The van der Waals surface area contributed by atoms with E-state index in [4.69, 9.17) is 10.00 Å². The van der Waals surface area contributed by atoms with Crippen molar-refractivity contribution in [3.63, 3.8) is 0 Å². The maximum atomic E-state index is 12.1. The number of nitrogens with zero attached hydrogens (tertiary/aromatic N) is 1. The lowest BCUT2D eigenvalue weighted by Gasteiger charge is -2.07. The van der Waals surface area contributed by atoms with Crippen LogP contribution in [-0.2, 0) is 0 Å². The second-order valence-electron chi connectivity index (χ2n) is 5.43. The van der Waals surface area contributed by atoms with Gasteiger partial charge in [0, 0.05) is 11.3 Å². The predicted molar refractivity (Wildman–Crippen MR) is 97.0 cm³/mol. The van der Waals surface area contributed by atoms with Gasteiger partial charge in [-0.3, -0.25) is 4.79 Å². The number of carbonyl (C=O) groups excluding carboxylic acids is 2. The second-order valence-corrected chi connectivity index (χ2v) is 5.43. The molecule has 0 aliphatic rings. The summed E-state index contributed by atoms with van der Waals surface area (Å²) in [5.41, 5.74) is 1.83. The number of hydrogen-bond donors (Lipinski definition) is 1. The molecule has 0 saturated heterocycles. The zero-order valence-corrected chi connectivity index (χ0v) is 13.7. The van der Waals surface area contributed by atoms with E-state index in [0.29, 0.717) is 28.1 Å². The summed E-state index contributed by atoms with van der Waals surface area (Å²) >= 11 is 0. The summed E-state index contributed by atoms with van der Waals surface area (Å²) in [6.45, 7) is 0. The van der Waals surface area contributed by atoms with E-state index in [1.165, 1.54) is 6.07 Å². The summed E-state index contributed by atoms with van der Waals surface area (Å²) in [5, 5.41) is 11.7. The number of benzene rings is 3. The third-order valence-electron chi connectivity index (χ3n) is 3.59. The van der Waals surface area contributed by atoms with E-state index in [1.54, 1.807) is 66.7 Å². The normalized spacial score (nSPS) is 9.81. The smallest absolute Gasteiger partial charge is 0.343 e. The van der Waals surface area contributed by atoms with Crippen LogP contribution in [0.5, 0.6) is 5.75 Å². The van der Waals surface area contributed by atoms with E-state index >= 15 is 0 Å². The van der Waals surface area contributed by atoms with Crippen molar-refractivity contribution < 1.29 is 14.3 Å². The van der Waals surface area contributed by atoms with Crippen LogP contribution in [-0.4, -0.2) is 11.9 Å². The van der Waals surface area contributed by atoms with Crippen LogP contribution in [0.3, 0.4) is 0 Å². The van der Waals surface area contributed by atoms with Crippen LogP contribution in [0, 0.1) is 11.3 Å². The van der Waals surface area contributed by atoms with Gasteiger partial charge < -0.3 is 10.1 Å². The quantitative estimate of drug-likeness (QED) is 0.573. The van der Waals surface area contributed by atoms with Crippen LogP contribution in [0.15, 0.2) is 78.9 Å². The molecule has 5 nitrogen and oxygen atoms in total. The van der Waals surface area contributed by atoms with Crippen molar-refractivity contribution in [1.29, 1.82) is 5.26 Å². The van der Waals surface area contributed by atoms with Crippen molar-refractivity contribution in [2.24, 2.45) is 0 Å². The van der Waals surface area contributed by atoms with E-state index in [9.17, 15) is 9.59 Å². The topological polar surface area (TPSA) is 79.2 Å². The Bertz CT molecular complexity index is 974. The molecule has 0 radical (unpaired) electrons. The number of amides is 1. The molecule has 0 unspecified atom stereocenters. The van der Waals surface area contributed by atoms with Crippen LogP contribution < -0.4 is 10.1 Å². The predicted octanol–water partition coefficient (Wildman–Crippen LogP) is 4.03. The summed E-state index contributed by atoms with van der Waals surface area (Å²) < 4.78 is 5.28. The fraction of sp³-hybridized carbons (Fsp3) is 0. The molecule has 0 aliphatic heterocycles. The standard InChI is InChI=1S/C21H14N2O3/c22-14-15-5-4-8-17(13-15)21(25)26-19-11-9-18(10-12-19)23-20(24)16-6-2-1-3-7-16/h1-13H,(H,23,24). The van der Waals surface area contributed by atoms with Crippen molar-refractivity contribution in [3.05, 3.63) is 95.6 Å². The molecule has 0 bridgehead atoms. The number of nitriles is 1. The van der Waals surface area contributed by atoms with Gasteiger partial charge in [-0.2, -0.15) is 5.26 Å². The highest BCUT2D eigenvalue weighted by Gasteiger charge is 2.10. The summed E-state index contributed by atoms with van der Waals surface area (Å²) in [6, 6.07) is 23.6. The summed E-state index contributed by atoms with van der Waals surface area (Å²) in [7, 11) is 0. The lowest BCUT2D eigenvalue weighted by atomic mass is 10.1. The fourth-order valence-corrected chi connectivity index (χ4v) is 2.28. The van der Waals surface area contributed by atoms with Crippen molar-refractivity contribution >= 4 is 17.6 Å². The summed E-state index contributed by atoms with van der Waals surface area (Å²) in [4.78, 5) is 24.2. The van der Waals surface area contributed by atoms with Crippen molar-refractivity contribution in [3.8, 4) is 11.8 Å². The minimum absolute atomic E-state index is 0.219. The molecule has 3 aromatic carbocycles. The Hall–Kier alpha value is -3.91. The number of ether oxygens (including phenoxy) is 1. The van der Waals surface area contributed by atoms with Crippen molar-refractivity contribution in [2.45, 2.75) is 0 Å². The van der Waals surface area contributed by atoms with Gasteiger partial charge in [0.15, 0.2) is 0 Å². The SMILES string of the molecule is N#Cc1cccc(C(=O)Oc2ccc(NC(=O)c3ccccc3)cc2)c1. The van der Waals surface area contributed by atoms with Gasteiger partial charge in [0.25, 0.3) is 5.91 Å². The van der Waals surface area contributed by atoms with Gasteiger partial charge >= 0.3 is 5.97 Å². The minimum Gasteiger partial charge on any atom is -0.423 e. The molecule has 3 aromatic rings. The van der Waals surface area contributed by atoms with E-state index in [0.717, 1.165) is 0 Å². The molecule has 0 aliphatic carbocycles. The second kappa shape index (κ2) is 7.77. The molecule has 26 heavy (non-hydrogen) atoms. The fourth-order valence-electron chi connectivity index (χ4n) is 2.28. The van der Waals surface area contributed by atoms with Gasteiger partial charge in [0.05, 0.1) is 17.2 Å². The Morgan fingerprint density at radius 3 is 2.23 bits per heavy atom. The van der Waals surface area contributed by atoms with Crippen LogP contribution in [0.4, 0.5) is 5.69 Å². The van der Waals surface area contributed by atoms with Crippen molar-refractivity contribution in [1.82, 2.24) is 0 Å². The Labute approximate surface area is 150 Å². The van der Waals surface area contributed by atoms with Gasteiger partial charge in [-0.25, -0.2) is 4.79 Å². The number of anilines is 1. The van der Waals surface area contributed by atoms with Gasteiger partial charge in [-0.05, 0) is 54.6 Å². The Kier molecular flexibility index (Phi) is 5.06. The number of hydrogen-bond acceptors (Lipinski definition) is 4. The molecule has 0 aromatic heterocycles. The number of carbonyl (C=O) groups is 2. The Morgan fingerprint density at radius 2 is 1.54 bits per heavy atom. The molecule has 0 atom stereocenters. The molecule has 0 fully saturated rings. The maximum Gasteiger partial charge on any atom is 0.343 e. The molecule has 1 N–H and O–H groups in total. The average molecular weight is 342 g/mol. The monoisotopic (exact) mass is 342 g/mol. The molecular formula is C21H14N2O3. The van der Waals surface area contributed by atoms with Crippen LogP contribution in [0.1, 0.15) is 26.3 Å². The van der Waals surface area contributed by atoms with E-state index in [1.807, 2.05) is 12.1 Å². The van der Waals surface area contributed by atoms with E-state index in [2.05, 4.69) is 5.32 Å². The average Bonchev–Trinajstić information content (AvgIpc) is 2.70. The highest BCUT2D eigenvalue weighted by molar-refractivity contribution is 6.04. The van der Waals surface area contributed by atoms with Crippen LogP contribution in [0.25, 0.3) is 0 Å². The van der Waals surface area contributed by atoms with Gasteiger partial charge in [-0.1, -0.05) is 24.3 Å². The molecule has 1 amide bonds. The zero-order chi connectivity index (χ0) is 18.4. The molecule has 3 rings (SSSR count). The lowest BCUT2D eigenvalue weighted by Crippen LogP contribution is -2.12. The van der Waals surface area contributed by atoms with Crippen molar-refractivity contribution in [2.75, 3.05) is 5.32 Å². The Morgan fingerprint density at radius 1 is 0.846 bits per heavy atom. The van der Waals surface area contributed by atoms with Gasteiger partial charge in [0.1, 0.15) is 5.75 Å². The van der Waals surface area contributed by atoms with E-state index in [-0.39, 0.29) is 5.91 Å². The highest BCUT2D eigenvalue weighted by Crippen LogP contribution is 2.18. The third kappa shape index (κ3) is 4.13. The molecule has 126 valence electrons. The maximum absolute atomic E-state index is 12.1. The number of rotatable bonds is 4. The first-order valence-electron chi connectivity index (χ1n) is 7.84. The van der Waals surface area contributed by atoms with Crippen LogP contribution >= 0.6 is 0 Å². The molecular weight excluding hydrogens is 328 g/mol.